The SMILES string of the molecule is CCOC(=O)CCN(C(=O)c1ccccc1)C1=CC(=C2C(=O)Nc3cc(F)ccc32)OC1(C)C. The molecule has 0 unspecified atom stereocenters. The van der Waals surface area contributed by atoms with E-state index in [1.165, 1.54) is 23.1 Å². The molecule has 176 valence electrons. The summed E-state index contributed by atoms with van der Waals surface area (Å²) in [6, 6.07) is 12.7. The van der Waals surface area contributed by atoms with Gasteiger partial charge in [-0.3, -0.25) is 14.4 Å². The maximum atomic E-state index is 13.6. The van der Waals surface area contributed by atoms with Crippen molar-refractivity contribution in [2.24, 2.45) is 0 Å². The van der Waals surface area contributed by atoms with Crippen LogP contribution in [0.2, 0.25) is 0 Å². The lowest BCUT2D eigenvalue weighted by atomic mass is 10.0. The fourth-order valence-electron chi connectivity index (χ4n) is 4.07. The lowest BCUT2D eigenvalue weighted by molar-refractivity contribution is -0.143. The molecule has 2 heterocycles. The summed E-state index contributed by atoms with van der Waals surface area (Å²) in [6.07, 6.45) is 1.63. The number of nitrogens with one attached hydrogen (secondary N) is 1. The first-order valence-corrected chi connectivity index (χ1v) is 11.0. The Labute approximate surface area is 196 Å². The normalized spacial score (nSPS) is 18.0. The summed E-state index contributed by atoms with van der Waals surface area (Å²) in [4.78, 5) is 39.7. The minimum atomic E-state index is -0.982. The third-order valence-corrected chi connectivity index (χ3v) is 5.62. The van der Waals surface area contributed by atoms with Gasteiger partial charge in [0.25, 0.3) is 11.8 Å². The van der Waals surface area contributed by atoms with E-state index in [0.717, 1.165) is 0 Å². The number of amides is 2. The highest BCUT2D eigenvalue weighted by Gasteiger charge is 2.41. The summed E-state index contributed by atoms with van der Waals surface area (Å²) in [5.74, 6) is -1.35. The molecule has 8 heteroatoms. The molecular weight excluding hydrogens is 439 g/mol. The van der Waals surface area contributed by atoms with E-state index in [2.05, 4.69) is 5.32 Å². The number of benzene rings is 2. The fourth-order valence-corrected chi connectivity index (χ4v) is 4.07. The molecule has 34 heavy (non-hydrogen) atoms. The molecule has 7 nitrogen and oxygen atoms in total. The van der Waals surface area contributed by atoms with E-state index in [9.17, 15) is 18.8 Å². The van der Waals surface area contributed by atoms with Gasteiger partial charge in [0.1, 0.15) is 17.2 Å². The van der Waals surface area contributed by atoms with Crippen molar-refractivity contribution < 1.29 is 28.2 Å². The van der Waals surface area contributed by atoms with E-state index in [-0.39, 0.29) is 36.8 Å². The molecule has 2 amide bonds. The molecule has 1 N–H and O–H groups in total. The summed E-state index contributed by atoms with van der Waals surface area (Å²) in [5.41, 5.74) is 1.10. The molecule has 2 aliphatic rings. The minimum Gasteiger partial charge on any atom is -0.481 e. The number of carbonyl (C=O) groups excluding carboxylic acids is 3. The van der Waals surface area contributed by atoms with Gasteiger partial charge in [0, 0.05) is 23.7 Å². The van der Waals surface area contributed by atoms with Crippen LogP contribution < -0.4 is 5.32 Å². The number of halogens is 1. The molecule has 2 aromatic carbocycles. The van der Waals surface area contributed by atoms with E-state index < -0.39 is 23.3 Å². The lowest BCUT2D eigenvalue weighted by Gasteiger charge is -2.31. The number of ether oxygens (including phenoxy) is 2. The highest BCUT2D eigenvalue weighted by molar-refractivity contribution is 6.32. The summed E-state index contributed by atoms with van der Waals surface area (Å²) in [7, 11) is 0. The maximum absolute atomic E-state index is 13.6. The Balaban J connectivity index is 1.76. The van der Waals surface area contributed by atoms with Crippen LogP contribution in [-0.4, -0.2) is 41.4 Å². The molecule has 2 aliphatic heterocycles. The molecule has 0 spiro atoms. The second-order valence-electron chi connectivity index (χ2n) is 8.40. The van der Waals surface area contributed by atoms with Gasteiger partial charge in [0.2, 0.25) is 0 Å². The Kier molecular flexibility index (Phi) is 6.24. The zero-order valence-electron chi connectivity index (χ0n) is 19.2. The number of rotatable bonds is 6. The van der Waals surface area contributed by atoms with E-state index in [0.29, 0.717) is 22.5 Å². The molecule has 4 rings (SSSR count). The molecule has 0 radical (unpaired) electrons. The maximum Gasteiger partial charge on any atom is 0.307 e. The van der Waals surface area contributed by atoms with E-state index >= 15 is 0 Å². The van der Waals surface area contributed by atoms with E-state index in [1.807, 2.05) is 6.07 Å². The molecule has 0 fully saturated rings. The van der Waals surface area contributed by atoms with Crippen LogP contribution >= 0.6 is 0 Å². The molecule has 0 bridgehead atoms. The fraction of sp³-hybridized carbons (Fsp3) is 0.269. The monoisotopic (exact) mass is 464 g/mol. The highest BCUT2D eigenvalue weighted by Crippen LogP contribution is 2.42. The van der Waals surface area contributed by atoms with Gasteiger partial charge in [-0.25, -0.2) is 4.39 Å². The van der Waals surface area contributed by atoms with Gasteiger partial charge in [-0.1, -0.05) is 18.2 Å². The molecule has 0 saturated heterocycles. The Morgan fingerprint density at radius 2 is 1.88 bits per heavy atom. The van der Waals surface area contributed by atoms with Gasteiger partial charge in [0.05, 0.1) is 30.0 Å². The number of fused-ring (bicyclic) bond motifs is 1. The van der Waals surface area contributed by atoms with E-state index in [1.54, 1.807) is 51.1 Å². The van der Waals surface area contributed by atoms with Crippen LogP contribution in [0.3, 0.4) is 0 Å². The number of anilines is 1. The summed E-state index contributed by atoms with van der Waals surface area (Å²) in [5, 5.41) is 2.65. The largest absolute Gasteiger partial charge is 0.481 e. The van der Waals surface area contributed by atoms with Gasteiger partial charge in [-0.15, -0.1) is 0 Å². The van der Waals surface area contributed by atoms with Crippen molar-refractivity contribution in [1.82, 2.24) is 4.90 Å². The topological polar surface area (TPSA) is 84.9 Å². The Bertz CT molecular complexity index is 1220. The number of allylic oxidation sites excluding steroid dienone is 1. The van der Waals surface area contributed by atoms with Crippen LogP contribution in [0.25, 0.3) is 5.57 Å². The lowest BCUT2D eigenvalue weighted by Crippen LogP contribution is -2.40. The molecular formula is C26H25FN2O5. The van der Waals surface area contributed by atoms with Crippen LogP contribution in [-0.2, 0) is 19.1 Å². The van der Waals surface area contributed by atoms with Crippen molar-refractivity contribution in [3.05, 3.63) is 83.0 Å². The van der Waals surface area contributed by atoms with Crippen molar-refractivity contribution >= 4 is 29.0 Å². The number of esters is 1. The summed E-state index contributed by atoms with van der Waals surface area (Å²) < 4.78 is 24.8. The second-order valence-corrected chi connectivity index (χ2v) is 8.40. The zero-order chi connectivity index (χ0) is 24.5. The average Bonchev–Trinajstić information content (AvgIpc) is 3.28. The Morgan fingerprint density at radius 3 is 2.59 bits per heavy atom. The predicted octanol–water partition coefficient (Wildman–Crippen LogP) is 4.28. The van der Waals surface area contributed by atoms with Crippen molar-refractivity contribution in [1.29, 1.82) is 0 Å². The van der Waals surface area contributed by atoms with Gasteiger partial charge in [-0.2, -0.15) is 0 Å². The summed E-state index contributed by atoms with van der Waals surface area (Å²) in [6.45, 7) is 5.59. The van der Waals surface area contributed by atoms with Gasteiger partial charge in [-0.05, 0) is 51.1 Å². The van der Waals surface area contributed by atoms with Crippen molar-refractivity contribution in [3.63, 3.8) is 0 Å². The highest BCUT2D eigenvalue weighted by atomic mass is 19.1. The standard InChI is InChI=1S/C26H25FN2O5/c1-4-33-22(30)12-13-29(25(32)16-8-6-5-7-9-16)21-15-20(34-26(21,2)3)23-18-11-10-17(27)14-19(18)28-24(23)31/h5-11,14-15H,4,12-13H2,1-3H3,(H,28,31). The number of hydrogen-bond donors (Lipinski definition) is 1. The number of carbonyl (C=O) groups is 3. The van der Waals surface area contributed by atoms with Crippen LogP contribution in [0.15, 0.2) is 66.1 Å². The molecule has 0 atom stereocenters. The van der Waals surface area contributed by atoms with Crippen molar-refractivity contribution in [2.75, 3.05) is 18.5 Å². The number of hydrogen-bond acceptors (Lipinski definition) is 5. The molecule has 0 aliphatic carbocycles. The Hall–Kier alpha value is -3.94. The molecule has 0 aromatic heterocycles. The van der Waals surface area contributed by atoms with Crippen LogP contribution in [0.4, 0.5) is 10.1 Å². The van der Waals surface area contributed by atoms with Crippen LogP contribution in [0.5, 0.6) is 0 Å². The van der Waals surface area contributed by atoms with Crippen molar-refractivity contribution in [2.45, 2.75) is 32.8 Å². The predicted molar refractivity (Wildman–Crippen MR) is 124 cm³/mol. The van der Waals surface area contributed by atoms with Crippen molar-refractivity contribution in [3.8, 4) is 0 Å². The van der Waals surface area contributed by atoms with Crippen LogP contribution in [0, 0.1) is 5.82 Å². The van der Waals surface area contributed by atoms with Gasteiger partial charge < -0.3 is 19.7 Å². The third-order valence-electron chi connectivity index (χ3n) is 5.62. The second kappa shape index (κ2) is 9.13. The molecule has 2 aromatic rings. The quantitative estimate of drug-likeness (QED) is 0.510. The first-order chi connectivity index (χ1) is 16.2. The molecule has 0 saturated carbocycles. The first kappa shape index (κ1) is 23.2. The van der Waals surface area contributed by atoms with Crippen LogP contribution in [0.1, 0.15) is 43.1 Å². The Morgan fingerprint density at radius 1 is 1.15 bits per heavy atom. The first-order valence-electron chi connectivity index (χ1n) is 11.0. The smallest absolute Gasteiger partial charge is 0.307 e. The third kappa shape index (κ3) is 4.44. The number of nitrogens with zero attached hydrogens (tertiary/aromatic N) is 1. The zero-order valence-corrected chi connectivity index (χ0v) is 19.2. The van der Waals surface area contributed by atoms with Gasteiger partial charge in [0.15, 0.2) is 0 Å². The van der Waals surface area contributed by atoms with Gasteiger partial charge >= 0.3 is 5.97 Å². The minimum absolute atomic E-state index is 0.00562. The average molecular weight is 464 g/mol. The summed E-state index contributed by atoms with van der Waals surface area (Å²) >= 11 is 0. The van der Waals surface area contributed by atoms with E-state index in [4.69, 9.17) is 9.47 Å².